The number of hydrogen-bond acceptors (Lipinski definition) is 7. The van der Waals surface area contributed by atoms with Gasteiger partial charge in [-0.15, -0.1) is 5.10 Å². The number of tetrazole rings is 1. The zero-order chi connectivity index (χ0) is 23.4. The lowest BCUT2D eigenvalue weighted by Gasteiger charge is -2.31. The SMILES string of the molecule is Cc1ccccc1-n1nnnc1SCC(=O)Nc1ccc(C(F)(F)F)cc1N1CCOCC1. The molecule has 33 heavy (non-hydrogen) atoms. The van der Waals surface area contributed by atoms with E-state index >= 15 is 0 Å². The number of hydrogen-bond donors (Lipinski definition) is 1. The number of carbonyl (C=O) groups excluding carboxylic acids is 1. The summed E-state index contributed by atoms with van der Waals surface area (Å²) in [5.74, 6) is -0.399. The highest BCUT2D eigenvalue weighted by atomic mass is 32.2. The summed E-state index contributed by atoms with van der Waals surface area (Å²) >= 11 is 1.13. The van der Waals surface area contributed by atoms with Crippen molar-refractivity contribution in [3.8, 4) is 5.69 Å². The molecule has 1 fully saturated rings. The Morgan fingerprint density at radius 3 is 2.64 bits per heavy atom. The number of amides is 1. The van der Waals surface area contributed by atoms with E-state index in [9.17, 15) is 18.0 Å². The van der Waals surface area contributed by atoms with Gasteiger partial charge in [-0.3, -0.25) is 4.79 Å². The van der Waals surface area contributed by atoms with Crippen molar-refractivity contribution < 1.29 is 22.7 Å². The van der Waals surface area contributed by atoms with Gasteiger partial charge in [0.15, 0.2) is 0 Å². The van der Waals surface area contributed by atoms with Crippen LogP contribution in [-0.4, -0.2) is 58.2 Å². The van der Waals surface area contributed by atoms with E-state index in [1.807, 2.05) is 31.2 Å². The molecule has 1 aliphatic rings. The van der Waals surface area contributed by atoms with Gasteiger partial charge in [0.05, 0.1) is 41.6 Å². The molecule has 3 aromatic rings. The second-order valence-corrected chi connectivity index (χ2v) is 8.27. The summed E-state index contributed by atoms with van der Waals surface area (Å²) in [5, 5.41) is 14.8. The second kappa shape index (κ2) is 9.79. The maximum Gasteiger partial charge on any atom is 0.416 e. The number of aryl methyl sites for hydroxylation is 1. The molecule has 0 atom stereocenters. The lowest BCUT2D eigenvalue weighted by atomic mass is 10.1. The van der Waals surface area contributed by atoms with Crippen molar-refractivity contribution >= 4 is 29.0 Å². The number of carbonyl (C=O) groups is 1. The number of thioether (sulfide) groups is 1. The van der Waals surface area contributed by atoms with Gasteiger partial charge >= 0.3 is 6.18 Å². The lowest BCUT2D eigenvalue weighted by Crippen LogP contribution is -2.37. The third-order valence-corrected chi connectivity index (χ3v) is 5.99. The molecule has 1 saturated heterocycles. The van der Waals surface area contributed by atoms with Crippen LogP contribution in [0.1, 0.15) is 11.1 Å². The molecule has 1 N–H and O–H groups in total. The molecule has 174 valence electrons. The molecule has 2 heterocycles. The Balaban J connectivity index is 1.49. The molecule has 0 spiro atoms. The van der Waals surface area contributed by atoms with Gasteiger partial charge < -0.3 is 15.0 Å². The summed E-state index contributed by atoms with van der Waals surface area (Å²) in [6.45, 7) is 3.60. The summed E-state index contributed by atoms with van der Waals surface area (Å²) in [7, 11) is 0. The molecule has 8 nitrogen and oxygen atoms in total. The van der Waals surface area contributed by atoms with E-state index in [0.29, 0.717) is 42.8 Å². The van der Waals surface area contributed by atoms with E-state index in [0.717, 1.165) is 35.1 Å². The fraction of sp³-hybridized carbons (Fsp3) is 0.333. The summed E-state index contributed by atoms with van der Waals surface area (Å²) in [5.41, 5.74) is 1.62. The van der Waals surface area contributed by atoms with Gasteiger partial charge in [0.1, 0.15) is 0 Å². The molecule has 12 heteroatoms. The van der Waals surface area contributed by atoms with Crippen molar-refractivity contribution in [1.29, 1.82) is 0 Å². The quantitative estimate of drug-likeness (QED) is 0.543. The van der Waals surface area contributed by atoms with Crippen LogP contribution in [0.25, 0.3) is 5.69 Å². The highest BCUT2D eigenvalue weighted by Crippen LogP contribution is 2.36. The third kappa shape index (κ3) is 5.45. The van der Waals surface area contributed by atoms with Gasteiger partial charge in [-0.2, -0.15) is 17.9 Å². The Hall–Kier alpha value is -3.12. The standard InChI is InChI=1S/C21H21F3N6O2S/c1-14-4-2-3-5-17(14)30-20(26-27-28-30)33-13-19(31)25-16-7-6-15(21(22,23)24)12-18(16)29-8-10-32-11-9-29/h2-7,12H,8-11,13H2,1H3,(H,25,31). The van der Waals surface area contributed by atoms with E-state index in [1.165, 1.54) is 6.07 Å². The van der Waals surface area contributed by atoms with Crippen LogP contribution in [0.5, 0.6) is 0 Å². The van der Waals surface area contributed by atoms with Gasteiger partial charge in [-0.05, 0) is 47.2 Å². The number of aromatic nitrogens is 4. The number of nitrogens with zero attached hydrogens (tertiary/aromatic N) is 5. The lowest BCUT2D eigenvalue weighted by molar-refractivity contribution is -0.137. The first kappa shape index (κ1) is 23.1. The zero-order valence-electron chi connectivity index (χ0n) is 17.7. The van der Waals surface area contributed by atoms with Crippen molar-refractivity contribution in [1.82, 2.24) is 20.2 Å². The van der Waals surface area contributed by atoms with E-state index in [4.69, 9.17) is 4.74 Å². The molecule has 0 saturated carbocycles. The molecule has 0 aliphatic carbocycles. The van der Waals surface area contributed by atoms with E-state index in [-0.39, 0.29) is 11.7 Å². The van der Waals surface area contributed by atoms with E-state index in [2.05, 4.69) is 20.8 Å². The third-order valence-electron chi connectivity index (χ3n) is 5.07. The fourth-order valence-electron chi connectivity index (χ4n) is 3.42. The summed E-state index contributed by atoms with van der Waals surface area (Å²) in [6, 6.07) is 10.9. The number of anilines is 2. The smallest absolute Gasteiger partial charge is 0.378 e. The van der Waals surface area contributed by atoms with Crippen molar-refractivity contribution in [3.63, 3.8) is 0 Å². The minimum absolute atomic E-state index is 0.0180. The van der Waals surface area contributed by atoms with Crippen LogP contribution in [0.15, 0.2) is 47.6 Å². The average Bonchev–Trinajstić information content (AvgIpc) is 3.26. The van der Waals surface area contributed by atoms with Crippen molar-refractivity contribution in [2.45, 2.75) is 18.3 Å². The molecule has 1 aromatic heterocycles. The van der Waals surface area contributed by atoms with Crippen LogP contribution in [0.3, 0.4) is 0 Å². The van der Waals surface area contributed by atoms with Gasteiger partial charge in [0, 0.05) is 13.1 Å². The Bertz CT molecular complexity index is 1130. The first-order valence-corrected chi connectivity index (χ1v) is 11.1. The molecule has 0 radical (unpaired) electrons. The number of alkyl halides is 3. The summed E-state index contributed by atoms with van der Waals surface area (Å²) < 4.78 is 46.6. The van der Waals surface area contributed by atoms with Crippen LogP contribution >= 0.6 is 11.8 Å². The molecule has 0 bridgehead atoms. The fourth-order valence-corrected chi connectivity index (χ4v) is 4.10. The first-order valence-electron chi connectivity index (χ1n) is 10.1. The van der Waals surface area contributed by atoms with Gasteiger partial charge in [-0.25, -0.2) is 0 Å². The van der Waals surface area contributed by atoms with Crippen LogP contribution < -0.4 is 10.2 Å². The number of morpholine rings is 1. The second-order valence-electron chi connectivity index (χ2n) is 7.33. The Morgan fingerprint density at radius 1 is 1.15 bits per heavy atom. The highest BCUT2D eigenvalue weighted by Gasteiger charge is 2.32. The Labute approximate surface area is 192 Å². The average molecular weight is 479 g/mol. The number of rotatable bonds is 6. The van der Waals surface area contributed by atoms with Crippen LogP contribution in [0.4, 0.5) is 24.5 Å². The molecule has 2 aromatic carbocycles. The van der Waals surface area contributed by atoms with Gasteiger partial charge in [-0.1, -0.05) is 30.0 Å². The molecule has 4 rings (SSSR count). The van der Waals surface area contributed by atoms with Crippen LogP contribution in [-0.2, 0) is 15.7 Å². The summed E-state index contributed by atoms with van der Waals surface area (Å²) in [6.07, 6.45) is -4.48. The van der Waals surface area contributed by atoms with E-state index < -0.39 is 11.7 Å². The van der Waals surface area contributed by atoms with Crippen LogP contribution in [0, 0.1) is 6.92 Å². The minimum atomic E-state index is -4.48. The molecular formula is C21H21F3N6O2S. The predicted octanol–water partition coefficient (Wildman–Crippen LogP) is 3.56. The van der Waals surface area contributed by atoms with Gasteiger partial charge in [0.25, 0.3) is 0 Å². The first-order chi connectivity index (χ1) is 15.8. The number of ether oxygens (including phenoxy) is 1. The monoisotopic (exact) mass is 478 g/mol. The largest absolute Gasteiger partial charge is 0.416 e. The topological polar surface area (TPSA) is 85.2 Å². The van der Waals surface area contributed by atoms with Gasteiger partial charge in [0.2, 0.25) is 11.1 Å². The van der Waals surface area contributed by atoms with Crippen molar-refractivity contribution in [3.05, 3.63) is 53.6 Å². The predicted molar refractivity (Wildman–Crippen MR) is 118 cm³/mol. The number of para-hydroxylation sites is 1. The molecule has 1 aliphatic heterocycles. The normalized spacial score (nSPS) is 14.4. The number of nitrogens with one attached hydrogen (secondary N) is 1. The highest BCUT2D eigenvalue weighted by molar-refractivity contribution is 7.99. The Morgan fingerprint density at radius 2 is 1.91 bits per heavy atom. The molecule has 0 unspecified atom stereocenters. The number of benzene rings is 2. The maximum atomic E-state index is 13.3. The Kier molecular flexibility index (Phi) is 6.84. The number of halogens is 3. The van der Waals surface area contributed by atoms with Crippen LogP contribution in [0.2, 0.25) is 0 Å². The van der Waals surface area contributed by atoms with Crippen molar-refractivity contribution in [2.75, 3.05) is 42.3 Å². The maximum absolute atomic E-state index is 13.3. The zero-order valence-corrected chi connectivity index (χ0v) is 18.5. The van der Waals surface area contributed by atoms with E-state index in [1.54, 1.807) is 9.58 Å². The molecule has 1 amide bonds. The minimum Gasteiger partial charge on any atom is -0.378 e. The van der Waals surface area contributed by atoms with Crippen molar-refractivity contribution in [2.24, 2.45) is 0 Å². The molecular weight excluding hydrogens is 457 g/mol. The summed E-state index contributed by atoms with van der Waals surface area (Å²) in [4.78, 5) is 14.4.